The number of amides is 2. The van der Waals surface area contributed by atoms with Gasteiger partial charge in [0, 0.05) is 12.6 Å². The van der Waals surface area contributed by atoms with E-state index in [-0.39, 0.29) is 30.1 Å². The molecule has 1 fully saturated rings. The van der Waals surface area contributed by atoms with Gasteiger partial charge in [-0.25, -0.2) is 4.39 Å². The third-order valence-electron chi connectivity index (χ3n) is 5.80. The third-order valence-corrected chi connectivity index (χ3v) is 5.80. The van der Waals surface area contributed by atoms with E-state index >= 15 is 0 Å². The normalized spacial score (nSPS) is 15.4. The lowest BCUT2D eigenvalue weighted by Crippen LogP contribution is -2.51. The summed E-state index contributed by atoms with van der Waals surface area (Å²) in [7, 11) is 0. The van der Waals surface area contributed by atoms with Crippen LogP contribution in [0.1, 0.15) is 56.6 Å². The number of carbonyl (C=O) groups excluding carboxylic acids is 2. The van der Waals surface area contributed by atoms with Crippen LogP contribution in [0.4, 0.5) is 4.39 Å². The largest absolute Gasteiger partial charge is 0.352 e. The van der Waals surface area contributed by atoms with Gasteiger partial charge in [0.1, 0.15) is 11.9 Å². The molecule has 0 unspecified atom stereocenters. The minimum atomic E-state index is -0.528. The van der Waals surface area contributed by atoms with Gasteiger partial charge in [-0.15, -0.1) is 0 Å². The molecule has 1 atom stereocenters. The number of hydrogen-bond acceptors (Lipinski definition) is 2. The second-order valence-electron chi connectivity index (χ2n) is 8.08. The number of nitrogens with zero attached hydrogens (tertiary/aromatic N) is 1. The van der Waals surface area contributed by atoms with Crippen molar-refractivity contribution in [2.24, 2.45) is 0 Å². The molecule has 0 heterocycles. The molecule has 30 heavy (non-hydrogen) atoms. The molecule has 0 radical (unpaired) electrons. The van der Waals surface area contributed by atoms with Gasteiger partial charge in [-0.2, -0.15) is 0 Å². The van der Waals surface area contributed by atoms with E-state index in [1.54, 1.807) is 17.0 Å². The molecule has 1 N–H and O–H groups in total. The van der Waals surface area contributed by atoms with E-state index in [4.69, 9.17) is 0 Å². The summed E-state index contributed by atoms with van der Waals surface area (Å²) in [6, 6.07) is 15.4. The molecule has 0 aromatic heterocycles. The predicted molar refractivity (Wildman–Crippen MR) is 116 cm³/mol. The first-order valence-electron chi connectivity index (χ1n) is 10.9. The summed E-state index contributed by atoms with van der Waals surface area (Å²) < 4.78 is 13.2. The van der Waals surface area contributed by atoms with E-state index in [0.717, 1.165) is 36.8 Å². The van der Waals surface area contributed by atoms with Gasteiger partial charge in [0.05, 0.1) is 6.42 Å². The monoisotopic (exact) mass is 410 g/mol. The van der Waals surface area contributed by atoms with Crippen LogP contribution in [0.15, 0.2) is 54.6 Å². The average Bonchev–Trinajstić information content (AvgIpc) is 2.76. The van der Waals surface area contributed by atoms with Crippen molar-refractivity contribution in [3.8, 4) is 0 Å². The Labute approximate surface area is 178 Å². The maximum atomic E-state index is 13.3. The van der Waals surface area contributed by atoms with Crippen molar-refractivity contribution >= 4 is 11.8 Å². The zero-order valence-corrected chi connectivity index (χ0v) is 17.6. The average molecular weight is 411 g/mol. The van der Waals surface area contributed by atoms with E-state index in [1.807, 2.05) is 37.3 Å². The van der Waals surface area contributed by atoms with Gasteiger partial charge in [0.25, 0.3) is 0 Å². The number of rotatable bonds is 8. The molecule has 0 spiro atoms. The standard InChI is InChI=1S/C25H31FN2O2/c1-2-23(25(30)27-22-11-7-4-8-12-22)28(18-20-9-5-3-6-10-20)24(29)17-19-13-15-21(26)16-14-19/h3,5-6,9-10,13-16,22-23H,2,4,7-8,11-12,17-18H2,1H3,(H,27,30)/t23-/m0/s1. The predicted octanol–water partition coefficient (Wildman–Crippen LogP) is 4.62. The Balaban J connectivity index is 1.77. The summed E-state index contributed by atoms with van der Waals surface area (Å²) in [4.78, 5) is 28.0. The molecule has 2 aromatic carbocycles. The smallest absolute Gasteiger partial charge is 0.243 e. The van der Waals surface area contributed by atoms with Crippen LogP contribution in [0.3, 0.4) is 0 Å². The van der Waals surface area contributed by atoms with E-state index in [9.17, 15) is 14.0 Å². The highest BCUT2D eigenvalue weighted by Gasteiger charge is 2.30. The first kappa shape index (κ1) is 22.0. The van der Waals surface area contributed by atoms with Crippen molar-refractivity contribution in [2.75, 3.05) is 0 Å². The third kappa shape index (κ3) is 6.15. The zero-order chi connectivity index (χ0) is 21.3. The number of hydrogen-bond donors (Lipinski definition) is 1. The lowest BCUT2D eigenvalue weighted by Gasteiger charge is -2.33. The Hall–Kier alpha value is -2.69. The molecule has 1 aliphatic carbocycles. The molecule has 5 heteroatoms. The molecule has 160 valence electrons. The lowest BCUT2D eigenvalue weighted by atomic mass is 9.95. The lowest BCUT2D eigenvalue weighted by molar-refractivity contribution is -0.141. The van der Waals surface area contributed by atoms with Crippen LogP contribution < -0.4 is 5.32 Å². The van der Waals surface area contributed by atoms with Crippen molar-refractivity contribution in [1.29, 1.82) is 0 Å². The Morgan fingerprint density at radius 3 is 2.30 bits per heavy atom. The van der Waals surface area contributed by atoms with Gasteiger partial charge < -0.3 is 10.2 Å². The van der Waals surface area contributed by atoms with Gasteiger partial charge in [0.15, 0.2) is 0 Å². The number of carbonyl (C=O) groups is 2. The van der Waals surface area contributed by atoms with Crippen LogP contribution in [-0.4, -0.2) is 28.8 Å². The molecule has 1 aliphatic rings. The molecular formula is C25H31FN2O2. The van der Waals surface area contributed by atoms with Gasteiger partial charge in [-0.1, -0.05) is 68.7 Å². The molecule has 2 aromatic rings. The minimum Gasteiger partial charge on any atom is -0.352 e. The van der Waals surface area contributed by atoms with Crippen molar-refractivity contribution in [3.05, 3.63) is 71.5 Å². The highest BCUT2D eigenvalue weighted by Crippen LogP contribution is 2.19. The summed E-state index contributed by atoms with van der Waals surface area (Å²) in [5.74, 6) is -0.533. The van der Waals surface area contributed by atoms with E-state index in [2.05, 4.69) is 5.32 Å². The maximum Gasteiger partial charge on any atom is 0.243 e. The fraction of sp³-hybridized carbons (Fsp3) is 0.440. The van der Waals surface area contributed by atoms with Crippen LogP contribution >= 0.6 is 0 Å². The maximum absolute atomic E-state index is 13.3. The van der Waals surface area contributed by atoms with Crippen LogP contribution in [0.25, 0.3) is 0 Å². The van der Waals surface area contributed by atoms with E-state index in [0.29, 0.717) is 13.0 Å². The van der Waals surface area contributed by atoms with Crippen LogP contribution in [0.5, 0.6) is 0 Å². The Morgan fingerprint density at radius 2 is 1.67 bits per heavy atom. The highest BCUT2D eigenvalue weighted by atomic mass is 19.1. The van der Waals surface area contributed by atoms with Gasteiger partial charge in [-0.3, -0.25) is 9.59 Å². The van der Waals surface area contributed by atoms with Crippen molar-refractivity contribution in [3.63, 3.8) is 0 Å². The van der Waals surface area contributed by atoms with Gasteiger partial charge in [0.2, 0.25) is 11.8 Å². The summed E-state index contributed by atoms with van der Waals surface area (Å²) in [5.41, 5.74) is 1.72. The van der Waals surface area contributed by atoms with Crippen molar-refractivity contribution in [2.45, 2.75) is 70.5 Å². The minimum absolute atomic E-state index is 0.0761. The van der Waals surface area contributed by atoms with E-state index in [1.165, 1.54) is 18.6 Å². The van der Waals surface area contributed by atoms with Crippen LogP contribution in [0, 0.1) is 5.82 Å². The van der Waals surface area contributed by atoms with Crippen molar-refractivity contribution in [1.82, 2.24) is 10.2 Å². The van der Waals surface area contributed by atoms with Gasteiger partial charge in [-0.05, 0) is 42.5 Å². The fourth-order valence-electron chi connectivity index (χ4n) is 4.12. The molecular weight excluding hydrogens is 379 g/mol. The molecule has 4 nitrogen and oxygen atoms in total. The number of halogens is 1. The molecule has 3 rings (SSSR count). The molecule has 1 saturated carbocycles. The fourth-order valence-corrected chi connectivity index (χ4v) is 4.12. The summed E-state index contributed by atoms with van der Waals surface area (Å²) in [5, 5.41) is 3.18. The van der Waals surface area contributed by atoms with Crippen LogP contribution in [-0.2, 0) is 22.6 Å². The summed E-state index contributed by atoms with van der Waals surface area (Å²) in [6.45, 7) is 2.31. The summed E-state index contributed by atoms with van der Waals surface area (Å²) in [6.07, 6.45) is 6.19. The molecule has 0 aliphatic heterocycles. The molecule has 0 saturated heterocycles. The SMILES string of the molecule is CC[C@@H](C(=O)NC1CCCCC1)N(Cc1ccccc1)C(=O)Cc1ccc(F)cc1. The highest BCUT2D eigenvalue weighted by molar-refractivity contribution is 5.88. The second-order valence-corrected chi connectivity index (χ2v) is 8.08. The second kappa shape index (κ2) is 10.9. The Morgan fingerprint density at radius 1 is 1.00 bits per heavy atom. The van der Waals surface area contributed by atoms with Crippen molar-refractivity contribution < 1.29 is 14.0 Å². The first-order valence-corrected chi connectivity index (χ1v) is 10.9. The topological polar surface area (TPSA) is 49.4 Å². The zero-order valence-electron chi connectivity index (χ0n) is 17.6. The van der Waals surface area contributed by atoms with Gasteiger partial charge >= 0.3 is 0 Å². The Kier molecular flexibility index (Phi) is 8.00. The van der Waals surface area contributed by atoms with E-state index < -0.39 is 6.04 Å². The Bertz CT molecular complexity index is 817. The van der Waals surface area contributed by atoms with Crippen LogP contribution in [0.2, 0.25) is 0 Å². The summed E-state index contributed by atoms with van der Waals surface area (Å²) >= 11 is 0. The number of benzene rings is 2. The molecule has 2 amide bonds. The quantitative estimate of drug-likeness (QED) is 0.690. The molecule has 0 bridgehead atoms. The number of nitrogens with one attached hydrogen (secondary N) is 1. The first-order chi connectivity index (χ1) is 14.6.